The van der Waals surface area contributed by atoms with Gasteiger partial charge in [-0.05, 0) is 43.8 Å². The van der Waals surface area contributed by atoms with Crippen molar-refractivity contribution in [1.29, 1.82) is 0 Å². The van der Waals surface area contributed by atoms with Crippen LogP contribution in [0.4, 0.5) is 23.0 Å². The second kappa shape index (κ2) is 9.83. The quantitative estimate of drug-likeness (QED) is 0.594. The Morgan fingerprint density at radius 3 is 2.51 bits per heavy atom. The number of aryl methyl sites for hydroxylation is 1. The fourth-order valence-electron chi connectivity index (χ4n) is 5.03. The van der Waals surface area contributed by atoms with Crippen molar-refractivity contribution in [2.24, 2.45) is 7.05 Å². The molecule has 1 aliphatic carbocycles. The van der Waals surface area contributed by atoms with E-state index in [4.69, 9.17) is 0 Å². The Morgan fingerprint density at radius 1 is 1.03 bits per heavy atom. The zero-order valence-electron chi connectivity index (χ0n) is 21.2. The summed E-state index contributed by atoms with van der Waals surface area (Å²) in [7, 11) is 3.96. The molecule has 1 aromatic carbocycles. The maximum Gasteiger partial charge on any atom is 0.275 e. The van der Waals surface area contributed by atoms with Gasteiger partial charge in [0.15, 0.2) is 0 Å². The lowest BCUT2D eigenvalue weighted by molar-refractivity contribution is 0.313. The van der Waals surface area contributed by atoms with Gasteiger partial charge in [-0.2, -0.15) is 4.98 Å². The number of rotatable bonds is 4. The molecule has 0 bridgehead atoms. The smallest absolute Gasteiger partial charge is 0.275 e. The van der Waals surface area contributed by atoms with E-state index < -0.39 is 0 Å². The summed E-state index contributed by atoms with van der Waals surface area (Å²) in [5, 5.41) is 7.66. The predicted molar refractivity (Wildman–Crippen MR) is 143 cm³/mol. The molecule has 2 aromatic heterocycles. The standard InChI is InChI=1S/C24H30N8O.C2H6/c1-29-9-11-31(12-10-29)18-5-3-17(4-6-18)27-24-26-15-16-13-21(23(33)30(2)22(16)28-24)32-8-7-25-19-14-20(19)32;1-2/h3-6,13,15,19-20,25H,7-12,14H2,1-2H3,(H,26,27,28);1-2H3. The molecule has 0 spiro atoms. The molecular formula is C26H36N8O. The SMILES string of the molecule is CC.CN1CCN(c2ccc(Nc3ncc4cc(N5CCNC6CC65)c(=O)n(C)c4n3)cc2)CC1. The van der Waals surface area contributed by atoms with Gasteiger partial charge in [0, 0.05) is 81.4 Å². The van der Waals surface area contributed by atoms with Gasteiger partial charge in [0.25, 0.3) is 5.56 Å². The molecule has 2 aliphatic heterocycles. The Balaban J connectivity index is 0.00000124. The van der Waals surface area contributed by atoms with Crippen molar-refractivity contribution in [2.75, 3.05) is 61.4 Å². The van der Waals surface area contributed by atoms with Crippen LogP contribution in [0.1, 0.15) is 20.3 Å². The van der Waals surface area contributed by atoms with Crippen molar-refractivity contribution in [3.8, 4) is 0 Å². The summed E-state index contributed by atoms with van der Waals surface area (Å²) >= 11 is 0. The Kier molecular flexibility index (Phi) is 6.62. The van der Waals surface area contributed by atoms with Crippen LogP contribution >= 0.6 is 0 Å². The van der Waals surface area contributed by atoms with Crippen molar-refractivity contribution < 1.29 is 0 Å². The van der Waals surface area contributed by atoms with Gasteiger partial charge in [-0.3, -0.25) is 9.36 Å². The number of hydrogen-bond acceptors (Lipinski definition) is 8. The highest BCUT2D eigenvalue weighted by Crippen LogP contribution is 2.34. The fourth-order valence-corrected chi connectivity index (χ4v) is 5.03. The summed E-state index contributed by atoms with van der Waals surface area (Å²) in [6.45, 7) is 10.0. The molecule has 0 radical (unpaired) electrons. The molecule has 3 fully saturated rings. The van der Waals surface area contributed by atoms with Crippen LogP contribution in [-0.4, -0.2) is 77.8 Å². The lowest BCUT2D eigenvalue weighted by Crippen LogP contribution is -2.46. The minimum absolute atomic E-state index is 0.00349. The van der Waals surface area contributed by atoms with Gasteiger partial charge in [0.1, 0.15) is 11.3 Å². The Morgan fingerprint density at radius 2 is 1.77 bits per heavy atom. The molecule has 0 amide bonds. The first kappa shape index (κ1) is 23.6. The van der Waals surface area contributed by atoms with Gasteiger partial charge in [-0.15, -0.1) is 0 Å². The molecule has 1 saturated carbocycles. The highest BCUT2D eigenvalue weighted by Gasteiger charge is 2.45. The van der Waals surface area contributed by atoms with Gasteiger partial charge in [-0.1, -0.05) is 13.8 Å². The van der Waals surface area contributed by atoms with Crippen molar-refractivity contribution in [1.82, 2.24) is 24.8 Å². The van der Waals surface area contributed by atoms with Crippen molar-refractivity contribution in [2.45, 2.75) is 32.4 Å². The third-order valence-corrected chi connectivity index (χ3v) is 7.15. The number of anilines is 4. The highest BCUT2D eigenvalue weighted by molar-refractivity contribution is 5.80. The number of pyridine rings is 1. The first-order valence-corrected chi connectivity index (χ1v) is 12.7. The molecular weight excluding hydrogens is 440 g/mol. The van der Waals surface area contributed by atoms with E-state index in [1.165, 1.54) is 5.69 Å². The van der Waals surface area contributed by atoms with Crippen molar-refractivity contribution in [3.05, 3.63) is 46.9 Å². The number of piperazine rings is 2. The summed E-state index contributed by atoms with van der Waals surface area (Å²) in [5.41, 5.74) is 3.54. The van der Waals surface area contributed by atoms with E-state index in [9.17, 15) is 4.79 Å². The van der Waals surface area contributed by atoms with E-state index in [-0.39, 0.29) is 5.56 Å². The first-order valence-electron chi connectivity index (χ1n) is 12.7. The van der Waals surface area contributed by atoms with E-state index in [2.05, 4.69) is 66.6 Å². The molecule has 9 nitrogen and oxygen atoms in total. The predicted octanol–water partition coefficient (Wildman–Crippen LogP) is 2.40. The van der Waals surface area contributed by atoms with Crippen LogP contribution in [0.25, 0.3) is 11.0 Å². The topological polar surface area (TPSA) is 81.6 Å². The molecule has 4 heterocycles. The van der Waals surface area contributed by atoms with Crippen LogP contribution in [0.2, 0.25) is 0 Å². The molecule has 2 N–H and O–H groups in total. The third-order valence-electron chi connectivity index (χ3n) is 7.15. The molecule has 2 unspecified atom stereocenters. The minimum Gasteiger partial charge on any atom is -0.369 e. The van der Waals surface area contributed by atoms with Crippen LogP contribution in [0.5, 0.6) is 0 Å². The molecule has 2 atom stereocenters. The summed E-state index contributed by atoms with van der Waals surface area (Å²) in [4.78, 5) is 29.3. The maximum absolute atomic E-state index is 13.1. The van der Waals surface area contributed by atoms with Crippen LogP contribution in [0.3, 0.4) is 0 Å². The number of fused-ring (bicyclic) bond motifs is 2. The summed E-state index contributed by atoms with van der Waals surface area (Å²) < 4.78 is 1.65. The fraction of sp³-hybridized carbons (Fsp3) is 0.500. The van der Waals surface area contributed by atoms with E-state index in [1.807, 2.05) is 19.9 Å². The monoisotopic (exact) mass is 476 g/mol. The maximum atomic E-state index is 13.1. The second-order valence-electron chi connectivity index (χ2n) is 9.39. The zero-order chi connectivity index (χ0) is 24.5. The molecule has 2 saturated heterocycles. The van der Waals surface area contributed by atoms with Gasteiger partial charge < -0.3 is 25.3 Å². The largest absolute Gasteiger partial charge is 0.369 e. The number of aromatic nitrogens is 3. The van der Waals surface area contributed by atoms with Crippen molar-refractivity contribution in [3.63, 3.8) is 0 Å². The number of benzene rings is 1. The van der Waals surface area contributed by atoms with Crippen LogP contribution < -0.4 is 26.0 Å². The molecule has 3 aliphatic rings. The molecule has 35 heavy (non-hydrogen) atoms. The van der Waals surface area contributed by atoms with Crippen LogP contribution in [0.15, 0.2) is 41.3 Å². The minimum atomic E-state index is -0.00349. The van der Waals surface area contributed by atoms with E-state index in [0.29, 0.717) is 23.7 Å². The Hall–Kier alpha value is -3.17. The number of likely N-dealkylation sites (N-methyl/N-ethyl adjacent to an activating group) is 1. The lowest BCUT2D eigenvalue weighted by atomic mass is 10.2. The molecule has 9 heteroatoms. The van der Waals surface area contributed by atoms with Gasteiger partial charge in [0.05, 0.1) is 0 Å². The number of hydrogen-bond donors (Lipinski definition) is 2. The number of nitrogens with zero attached hydrogens (tertiary/aromatic N) is 6. The average Bonchev–Trinajstić information content (AvgIpc) is 3.69. The molecule has 186 valence electrons. The van der Waals surface area contributed by atoms with E-state index in [0.717, 1.165) is 62.5 Å². The second-order valence-corrected chi connectivity index (χ2v) is 9.39. The van der Waals surface area contributed by atoms with E-state index in [1.54, 1.807) is 17.8 Å². The third kappa shape index (κ3) is 4.70. The normalized spacial score (nSPS) is 21.8. The van der Waals surface area contributed by atoms with E-state index >= 15 is 0 Å². The lowest BCUT2D eigenvalue weighted by Gasteiger charge is -2.34. The van der Waals surface area contributed by atoms with Crippen LogP contribution in [0, 0.1) is 0 Å². The highest BCUT2D eigenvalue weighted by atomic mass is 16.1. The Labute approximate surface area is 206 Å². The van der Waals surface area contributed by atoms with Crippen molar-refractivity contribution >= 4 is 34.0 Å². The first-order chi connectivity index (χ1) is 17.1. The van der Waals surface area contributed by atoms with Gasteiger partial charge >= 0.3 is 0 Å². The Bertz CT molecular complexity index is 1230. The molecule has 6 rings (SSSR count). The number of nitrogens with one attached hydrogen (secondary N) is 2. The summed E-state index contributed by atoms with van der Waals surface area (Å²) in [5.74, 6) is 0.488. The summed E-state index contributed by atoms with van der Waals surface area (Å²) in [6, 6.07) is 11.3. The molecule has 3 aromatic rings. The summed E-state index contributed by atoms with van der Waals surface area (Å²) in [6.07, 6.45) is 2.91. The van der Waals surface area contributed by atoms with Gasteiger partial charge in [0.2, 0.25) is 5.95 Å². The zero-order valence-corrected chi connectivity index (χ0v) is 21.2. The average molecular weight is 477 g/mol. The van der Waals surface area contributed by atoms with Gasteiger partial charge in [-0.25, -0.2) is 4.98 Å². The van der Waals surface area contributed by atoms with Crippen LogP contribution in [-0.2, 0) is 7.05 Å².